The van der Waals surface area contributed by atoms with Crippen LogP contribution in [0, 0.1) is 19.8 Å². The Bertz CT molecular complexity index is 405. The molecule has 0 bridgehead atoms. The van der Waals surface area contributed by atoms with Crippen LogP contribution in [0.15, 0.2) is 4.99 Å². The molecule has 2 rings (SSSR count). The van der Waals surface area contributed by atoms with Gasteiger partial charge in [0.2, 0.25) is 0 Å². The van der Waals surface area contributed by atoms with Gasteiger partial charge in [0, 0.05) is 18.0 Å². The lowest BCUT2D eigenvalue weighted by Crippen LogP contribution is -2.38. The van der Waals surface area contributed by atoms with Crippen LogP contribution in [0.25, 0.3) is 0 Å². The van der Waals surface area contributed by atoms with E-state index in [9.17, 15) is 0 Å². The van der Waals surface area contributed by atoms with Crippen LogP contribution in [0.3, 0.4) is 0 Å². The number of rotatable bonds is 3. The average molecular weight is 252 g/mol. The molecule has 17 heavy (non-hydrogen) atoms. The number of aryl methyl sites for hydroxylation is 2. The van der Waals surface area contributed by atoms with Crippen molar-refractivity contribution in [2.75, 3.05) is 7.05 Å². The molecule has 0 aliphatic heterocycles. The third-order valence-electron chi connectivity index (χ3n) is 3.14. The van der Waals surface area contributed by atoms with E-state index in [1.165, 1.54) is 11.3 Å². The highest BCUT2D eigenvalue weighted by Gasteiger charge is 2.33. The third-order valence-corrected chi connectivity index (χ3v) is 4.21. The Morgan fingerprint density at radius 3 is 2.71 bits per heavy atom. The summed E-state index contributed by atoms with van der Waals surface area (Å²) in [6.45, 7) is 7.16. The van der Waals surface area contributed by atoms with Crippen molar-refractivity contribution in [1.82, 2.24) is 15.6 Å². The molecule has 5 heteroatoms. The van der Waals surface area contributed by atoms with Crippen LogP contribution >= 0.6 is 11.3 Å². The molecule has 1 fully saturated rings. The molecule has 1 aromatic rings. The largest absolute Gasteiger partial charge is 0.353 e. The van der Waals surface area contributed by atoms with E-state index in [4.69, 9.17) is 0 Å². The first kappa shape index (κ1) is 12.4. The summed E-state index contributed by atoms with van der Waals surface area (Å²) in [6.07, 6.45) is 1.25. The molecular weight excluding hydrogens is 232 g/mol. The zero-order chi connectivity index (χ0) is 12.4. The summed E-state index contributed by atoms with van der Waals surface area (Å²) in [7, 11) is 1.81. The van der Waals surface area contributed by atoms with Gasteiger partial charge in [-0.2, -0.15) is 0 Å². The summed E-state index contributed by atoms with van der Waals surface area (Å²) in [5.41, 5.74) is 1.13. The van der Waals surface area contributed by atoms with Crippen molar-refractivity contribution in [3.63, 3.8) is 0 Å². The lowest BCUT2D eigenvalue weighted by Gasteiger charge is -2.09. The Morgan fingerprint density at radius 2 is 2.24 bits per heavy atom. The predicted octanol–water partition coefficient (Wildman–Crippen LogP) is 1.83. The fourth-order valence-corrected chi connectivity index (χ4v) is 2.54. The Kier molecular flexibility index (Phi) is 3.66. The van der Waals surface area contributed by atoms with Crippen molar-refractivity contribution in [1.29, 1.82) is 0 Å². The van der Waals surface area contributed by atoms with Gasteiger partial charge in [0.15, 0.2) is 5.96 Å². The summed E-state index contributed by atoms with van der Waals surface area (Å²) < 4.78 is 0. The molecule has 1 aromatic heterocycles. The van der Waals surface area contributed by atoms with Gasteiger partial charge in [-0.1, -0.05) is 6.92 Å². The molecule has 0 radical (unpaired) electrons. The number of thiazole rings is 1. The third kappa shape index (κ3) is 3.19. The first-order valence-electron chi connectivity index (χ1n) is 6.00. The molecule has 0 aromatic carbocycles. The van der Waals surface area contributed by atoms with Crippen molar-refractivity contribution in [2.45, 2.75) is 39.8 Å². The summed E-state index contributed by atoms with van der Waals surface area (Å²) in [6, 6.07) is 0.598. The van der Waals surface area contributed by atoms with E-state index < -0.39 is 0 Å². The molecular formula is C12H20N4S. The summed E-state index contributed by atoms with van der Waals surface area (Å²) in [5.74, 6) is 1.66. The van der Waals surface area contributed by atoms with Crippen molar-refractivity contribution in [3.8, 4) is 0 Å². The normalized spacial score (nSPS) is 23.6. The van der Waals surface area contributed by atoms with Gasteiger partial charge >= 0.3 is 0 Å². The molecule has 0 amide bonds. The van der Waals surface area contributed by atoms with Gasteiger partial charge in [0.05, 0.1) is 12.2 Å². The van der Waals surface area contributed by atoms with Gasteiger partial charge in [-0.15, -0.1) is 11.3 Å². The van der Waals surface area contributed by atoms with Gasteiger partial charge in [-0.05, 0) is 26.2 Å². The number of nitrogens with one attached hydrogen (secondary N) is 2. The molecule has 2 atom stereocenters. The predicted molar refractivity (Wildman–Crippen MR) is 72.5 cm³/mol. The average Bonchev–Trinajstić information content (AvgIpc) is 2.89. The minimum absolute atomic E-state index is 0.598. The fraction of sp³-hybridized carbons (Fsp3) is 0.667. The second kappa shape index (κ2) is 5.04. The fourth-order valence-electron chi connectivity index (χ4n) is 1.67. The van der Waals surface area contributed by atoms with Crippen LogP contribution in [-0.4, -0.2) is 24.0 Å². The molecule has 4 nitrogen and oxygen atoms in total. The van der Waals surface area contributed by atoms with Crippen molar-refractivity contribution < 1.29 is 0 Å². The maximum absolute atomic E-state index is 4.50. The first-order chi connectivity index (χ1) is 8.10. The van der Waals surface area contributed by atoms with E-state index >= 15 is 0 Å². The van der Waals surface area contributed by atoms with Crippen molar-refractivity contribution >= 4 is 17.3 Å². The van der Waals surface area contributed by atoms with Crippen molar-refractivity contribution in [2.24, 2.45) is 10.9 Å². The highest BCUT2D eigenvalue weighted by molar-refractivity contribution is 7.11. The van der Waals surface area contributed by atoms with E-state index in [0.29, 0.717) is 6.04 Å². The Balaban J connectivity index is 1.83. The monoisotopic (exact) mass is 252 g/mol. The van der Waals surface area contributed by atoms with Gasteiger partial charge in [0.25, 0.3) is 0 Å². The van der Waals surface area contributed by atoms with Crippen LogP contribution in [0.2, 0.25) is 0 Å². The lowest BCUT2D eigenvalue weighted by atomic mass is 10.4. The van der Waals surface area contributed by atoms with E-state index in [-0.39, 0.29) is 0 Å². The zero-order valence-electron chi connectivity index (χ0n) is 10.9. The maximum atomic E-state index is 4.50. The smallest absolute Gasteiger partial charge is 0.191 e. The van der Waals surface area contributed by atoms with E-state index in [0.717, 1.165) is 29.1 Å². The van der Waals surface area contributed by atoms with E-state index in [2.05, 4.69) is 34.5 Å². The Labute approximate surface area is 107 Å². The lowest BCUT2D eigenvalue weighted by molar-refractivity contribution is 0.761. The molecule has 94 valence electrons. The number of guanidine groups is 1. The highest BCUT2D eigenvalue weighted by atomic mass is 32.1. The van der Waals surface area contributed by atoms with Crippen LogP contribution in [0.5, 0.6) is 0 Å². The minimum Gasteiger partial charge on any atom is -0.353 e. The number of aliphatic imine (C=N–C) groups is 1. The second-order valence-corrected chi connectivity index (χ2v) is 5.93. The zero-order valence-corrected chi connectivity index (χ0v) is 11.7. The number of hydrogen-bond acceptors (Lipinski definition) is 3. The molecule has 1 heterocycles. The summed E-state index contributed by atoms with van der Waals surface area (Å²) in [4.78, 5) is 10.0. The Hall–Kier alpha value is -1.10. The molecule has 1 aliphatic rings. The van der Waals surface area contributed by atoms with Gasteiger partial charge in [-0.25, -0.2) is 4.98 Å². The van der Waals surface area contributed by atoms with Gasteiger partial charge in [0.1, 0.15) is 5.01 Å². The second-order valence-electron chi connectivity index (χ2n) is 4.64. The quantitative estimate of drug-likeness (QED) is 0.637. The standard InChI is InChI=1S/C12H20N4S/c1-7-5-10(7)16-12(13-4)14-6-11-15-8(2)9(3)17-11/h7,10H,5-6H2,1-4H3,(H2,13,14,16). The summed E-state index contributed by atoms with van der Waals surface area (Å²) in [5, 5.41) is 7.82. The van der Waals surface area contributed by atoms with E-state index in [1.807, 2.05) is 6.92 Å². The number of nitrogens with zero attached hydrogens (tertiary/aromatic N) is 2. The summed E-state index contributed by atoms with van der Waals surface area (Å²) >= 11 is 1.75. The van der Waals surface area contributed by atoms with Gasteiger partial charge < -0.3 is 10.6 Å². The molecule has 2 N–H and O–H groups in total. The molecule has 1 aliphatic carbocycles. The van der Waals surface area contributed by atoms with E-state index in [1.54, 1.807) is 18.4 Å². The maximum Gasteiger partial charge on any atom is 0.191 e. The minimum atomic E-state index is 0.598. The molecule has 0 spiro atoms. The van der Waals surface area contributed by atoms with Crippen molar-refractivity contribution in [3.05, 3.63) is 15.6 Å². The first-order valence-corrected chi connectivity index (χ1v) is 6.82. The van der Waals surface area contributed by atoms with Crippen LogP contribution in [0.1, 0.15) is 28.9 Å². The molecule has 1 saturated carbocycles. The SMILES string of the molecule is CN=C(NCc1nc(C)c(C)s1)NC1CC1C. The van der Waals surface area contributed by atoms with Crippen LogP contribution in [0.4, 0.5) is 0 Å². The Morgan fingerprint density at radius 1 is 1.53 bits per heavy atom. The molecule has 2 unspecified atom stereocenters. The number of aromatic nitrogens is 1. The van der Waals surface area contributed by atoms with Crippen LogP contribution in [-0.2, 0) is 6.54 Å². The highest BCUT2D eigenvalue weighted by Crippen LogP contribution is 2.28. The van der Waals surface area contributed by atoms with Crippen LogP contribution < -0.4 is 10.6 Å². The van der Waals surface area contributed by atoms with Gasteiger partial charge in [-0.3, -0.25) is 4.99 Å². The molecule has 0 saturated heterocycles. The number of hydrogen-bond donors (Lipinski definition) is 2. The topological polar surface area (TPSA) is 49.3 Å².